The second kappa shape index (κ2) is 6.96. The molecule has 2 aromatic carbocycles. The number of carbonyl (C=O) groups excluding carboxylic acids is 3. The molecular formula is C21H15N3O4. The van der Waals surface area contributed by atoms with E-state index in [-0.39, 0.29) is 35.7 Å². The number of aromatic hydroxyl groups is 1. The van der Waals surface area contributed by atoms with E-state index < -0.39 is 0 Å². The molecule has 0 bridgehead atoms. The summed E-state index contributed by atoms with van der Waals surface area (Å²) in [5, 5.41) is 12.2. The van der Waals surface area contributed by atoms with Crippen LogP contribution in [0.25, 0.3) is 0 Å². The van der Waals surface area contributed by atoms with Crippen LogP contribution in [0.3, 0.4) is 0 Å². The molecule has 0 saturated heterocycles. The Kier molecular flexibility index (Phi) is 4.33. The lowest BCUT2D eigenvalue weighted by atomic mass is 10.1. The molecule has 0 aliphatic carbocycles. The molecule has 1 aromatic heterocycles. The zero-order valence-corrected chi connectivity index (χ0v) is 14.6. The number of imide groups is 1. The second-order valence-corrected chi connectivity index (χ2v) is 6.25. The first kappa shape index (κ1) is 17.4. The third-order valence-electron chi connectivity index (χ3n) is 4.40. The predicted octanol–water partition coefficient (Wildman–Crippen LogP) is 2.77. The summed E-state index contributed by atoms with van der Waals surface area (Å²) in [4.78, 5) is 42.2. The van der Waals surface area contributed by atoms with Gasteiger partial charge in [-0.05, 0) is 42.0 Å². The van der Waals surface area contributed by atoms with Gasteiger partial charge in [0.05, 0.1) is 23.2 Å². The van der Waals surface area contributed by atoms with Gasteiger partial charge in [0.2, 0.25) is 5.91 Å². The van der Waals surface area contributed by atoms with E-state index in [1.807, 2.05) is 0 Å². The van der Waals surface area contributed by atoms with Gasteiger partial charge in [0.15, 0.2) is 11.6 Å². The SMILES string of the molecule is O=C(Cc1ccc(N2C(=O)c3ccccc3C2=O)cc1)Nc1ncccc1O. The van der Waals surface area contributed by atoms with E-state index in [2.05, 4.69) is 10.3 Å². The number of carbonyl (C=O) groups is 3. The average molecular weight is 373 g/mol. The molecule has 7 heteroatoms. The lowest BCUT2D eigenvalue weighted by Gasteiger charge is -2.14. The van der Waals surface area contributed by atoms with Crippen molar-refractivity contribution in [2.24, 2.45) is 0 Å². The number of hydrogen-bond acceptors (Lipinski definition) is 5. The minimum absolute atomic E-state index is 0.0540. The highest BCUT2D eigenvalue weighted by Crippen LogP contribution is 2.28. The Morgan fingerprint density at radius 1 is 0.929 bits per heavy atom. The monoisotopic (exact) mass is 373 g/mol. The third kappa shape index (κ3) is 3.09. The van der Waals surface area contributed by atoms with Crippen LogP contribution in [0.4, 0.5) is 11.5 Å². The van der Waals surface area contributed by atoms with Gasteiger partial charge in [0.25, 0.3) is 11.8 Å². The average Bonchev–Trinajstić information content (AvgIpc) is 2.95. The molecule has 0 unspecified atom stereocenters. The van der Waals surface area contributed by atoms with Crippen LogP contribution < -0.4 is 10.2 Å². The van der Waals surface area contributed by atoms with Gasteiger partial charge in [-0.25, -0.2) is 9.88 Å². The van der Waals surface area contributed by atoms with Crippen LogP contribution >= 0.6 is 0 Å². The second-order valence-electron chi connectivity index (χ2n) is 6.25. The van der Waals surface area contributed by atoms with E-state index >= 15 is 0 Å². The van der Waals surface area contributed by atoms with E-state index in [4.69, 9.17) is 0 Å². The molecule has 1 aliphatic rings. The van der Waals surface area contributed by atoms with Crippen LogP contribution in [0, 0.1) is 0 Å². The molecule has 0 atom stereocenters. The molecule has 3 aromatic rings. The molecule has 2 heterocycles. The molecular weight excluding hydrogens is 358 g/mol. The number of hydrogen-bond donors (Lipinski definition) is 2. The van der Waals surface area contributed by atoms with E-state index in [1.165, 1.54) is 12.3 Å². The fourth-order valence-electron chi connectivity index (χ4n) is 3.04. The highest BCUT2D eigenvalue weighted by Gasteiger charge is 2.36. The number of rotatable bonds is 4. The van der Waals surface area contributed by atoms with Crippen molar-refractivity contribution in [1.82, 2.24) is 4.98 Å². The summed E-state index contributed by atoms with van der Waals surface area (Å²) in [5.41, 5.74) is 1.89. The van der Waals surface area contributed by atoms with Crippen molar-refractivity contribution < 1.29 is 19.5 Å². The largest absolute Gasteiger partial charge is 0.504 e. The maximum atomic E-state index is 12.5. The molecule has 28 heavy (non-hydrogen) atoms. The molecule has 0 fully saturated rings. The maximum Gasteiger partial charge on any atom is 0.266 e. The first-order valence-corrected chi connectivity index (χ1v) is 8.55. The van der Waals surface area contributed by atoms with Gasteiger partial charge in [-0.3, -0.25) is 14.4 Å². The quantitative estimate of drug-likeness (QED) is 0.685. The van der Waals surface area contributed by atoms with Gasteiger partial charge in [0, 0.05) is 6.20 Å². The van der Waals surface area contributed by atoms with E-state index in [9.17, 15) is 19.5 Å². The fraction of sp³-hybridized carbons (Fsp3) is 0.0476. The lowest BCUT2D eigenvalue weighted by molar-refractivity contribution is -0.115. The Labute approximate surface area is 160 Å². The number of anilines is 2. The molecule has 0 saturated carbocycles. The number of aromatic nitrogens is 1. The molecule has 1 aliphatic heterocycles. The summed E-state index contributed by atoms with van der Waals surface area (Å²) in [6.45, 7) is 0. The maximum absolute atomic E-state index is 12.5. The predicted molar refractivity (Wildman–Crippen MR) is 102 cm³/mol. The number of nitrogens with zero attached hydrogens (tertiary/aromatic N) is 2. The number of fused-ring (bicyclic) bond motifs is 1. The van der Waals surface area contributed by atoms with Crippen LogP contribution in [0.5, 0.6) is 5.75 Å². The minimum atomic E-state index is -0.364. The normalized spacial score (nSPS) is 12.8. The van der Waals surface area contributed by atoms with Crippen LogP contribution in [0.15, 0.2) is 66.9 Å². The fourth-order valence-corrected chi connectivity index (χ4v) is 3.04. The highest BCUT2D eigenvalue weighted by atomic mass is 16.3. The van der Waals surface area contributed by atoms with Gasteiger partial charge >= 0.3 is 0 Å². The van der Waals surface area contributed by atoms with Crippen molar-refractivity contribution >= 4 is 29.2 Å². The zero-order valence-electron chi connectivity index (χ0n) is 14.6. The summed E-state index contributed by atoms with van der Waals surface area (Å²) in [6.07, 6.45) is 1.52. The number of nitrogens with one attached hydrogen (secondary N) is 1. The molecule has 2 N–H and O–H groups in total. The van der Waals surface area contributed by atoms with E-state index in [0.717, 1.165) is 4.90 Å². The molecule has 0 spiro atoms. The van der Waals surface area contributed by atoms with E-state index in [0.29, 0.717) is 22.4 Å². The Morgan fingerprint density at radius 3 is 2.18 bits per heavy atom. The van der Waals surface area contributed by atoms with Crippen molar-refractivity contribution in [1.29, 1.82) is 0 Å². The zero-order chi connectivity index (χ0) is 19.7. The van der Waals surface area contributed by atoms with Crippen LogP contribution in [0.2, 0.25) is 0 Å². The number of pyridine rings is 1. The van der Waals surface area contributed by atoms with Crippen LogP contribution in [0.1, 0.15) is 26.3 Å². The Bertz CT molecular complexity index is 1060. The van der Waals surface area contributed by atoms with Gasteiger partial charge in [-0.2, -0.15) is 0 Å². The minimum Gasteiger partial charge on any atom is -0.504 e. The summed E-state index contributed by atoms with van der Waals surface area (Å²) < 4.78 is 0. The molecule has 7 nitrogen and oxygen atoms in total. The van der Waals surface area contributed by atoms with Gasteiger partial charge < -0.3 is 10.4 Å². The van der Waals surface area contributed by atoms with E-state index in [1.54, 1.807) is 54.6 Å². The molecule has 4 rings (SSSR count). The molecule has 0 radical (unpaired) electrons. The Hall–Kier alpha value is -4.00. The number of amides is 3. The first-order chi connectivity index (χ1) is 13.5. The van der Waals surface area contributed by atoms with Crippen LogP contribution in [-0.4, -0.2) is 27.8 Å². The van der Waals surface area contributed by atoms with Gasteiger partial charge in [0.1, 0.15) is 0 Å². The van der Waals surface area contributed by atoms with Crippen molar-refractivity contribution in [2.75, 3.05) is 10.2 Å². The topological polar surface area (TPSA) is 99.6 Å². The third-order valence-corrected chi connectivity index (χ3v) is 4.40. The number of benzene rings is 2. The van der Waals surface area contributed by atoms with Crippen molar-refractivity contribution in [2.45, 2.75) is 6.42 Å². The van der Waals surface area contributed by atoms with Crippen molar-refractivity contribution in [3.8, 4) is 5.75 Å². The summed E-state index contributed by atoms with van der Waals surface area (Å²) in [6, 6.07) is 16.3. The summed E-state index contributed by atoms with van der Waals surface area (Å²) in [5.74, 6) is -1.09. The Balaban J connectivity index is 1.48. The first-order valence-electron chi connectivity index (χ1n) is 8.55. The lowest BCUT2D eigenvalue weighted by Crippen LogP contribution is -2.29. The smallest absolute Gasteiger partial charge is 0.266 e. The standard InChI is InChI=1S/C21H15N3O4/c25-17-6-3-11-22-19(17)23-18(26)12-13-7-9-14(10-8-13)24-20(27)15-4-1-2-5-16(15)21(24)28/h1-11,25H,12H2,(H,22,23,26). The molecule has 3 amide bonds. The molecule has 138 valence electrons. The summed E-state index contributed by atoms with van der Waals surface area (Å²) >= 11 is 0. The van der Waals surface area contributed by atoms with Gasteiger partial charge in [-0.1, -0.05) is 24.3 Å². The van der Waals surface area contributed by atoms with Crippen molar-refractivity contribution in [3.05, 3.63) is 83.6 Å². The van der Waals surface area contributed by atoms with Gasteiger partial charge in [-0.15, -0.1) is 0 Å². The van der Waals surface area contributed by atoms with Crippen molar-refractivity contribution in [3.63, 3.8) is 0 Å². The highest BCUT2D eigenvalue weighted by molar-refractivity contribution is 6.34. The summed E-state index contributed by atoms with van der Waals surface area (Å²) in [7, 11) is 0. The Morgan fingerprint density at radius 2 is 1.57 bits per heavy atom. The van der Waals surface area contributed by atoms with Crippen LogP contribution in [-0.2, 0) is 11.2 Å².